The molecule has 0 saturated heterocycles. The minimum atomic E-state index is -0.709. The zero-order chi connectivity index (χ0) is 24.3. The van der Waals surface area contributed by atoms with E-state index in [1.54, 1.807) is 13.0 Å². The lowest BCUT2D eigenvalue weighted by atomic mass is 9.80. The number of rotatable bonds is 7. The second kappa shape index (κ2) is 9.68. The second-order valence-corrected chi connectivity index (χ2v) is 8.51. The average Bonchev–Trinajstić information content (AvgIpc) is 3.28. The zero-order valence-electron chi connectivity index (χ0n) is 18.7. The SMILES string of the molecule is COc1cc(C(=O)NC2(c3noc(C)n3)CCCCC2)ccc1Oc1ccc(Cl)cc1[N+](=O)[O-]. The molecular weight excluding hydrogens is 464 g/mol. The number of nitro groups is 1. The van der Waals surface area contributed by atoms with Crippen LogP contribution in [0.4, 0.5) is 5.69 Å². The van der Waals surface area contributed by atoms with Gasteiger partial charge in [0.25, 0.3) is 5.91 Å². The Morgan fingerprint density at radius 2 is 1.88 bits per heavy atom. The number of carbonyl (C=O) groups excluding carboxylic acids is 1. The molecule has 1 N–H and O–H groups in total. The van der Waals surface area contributed by atoms with Crippen molar-refractivity contribution >= 4 is 23.2 Å². The molecule has 0 atom stereocenters. The summed E-state index contributed by atoms with van der Waals surface area (Å²) in [4.78, 5) is 28.4. The number of hydrogen-bond donors (Lipinski definition) is 1. The highest BCUT2D eigenvalue weighted by Crippen LogP contribution is 2.39. The number of aromatic nitrogens is 2. The summed E-state index contributed by atoms with van der Waals surface area (Å²) in [6, 6.07) is 8.70. The van der Waals surface area contributed by atoms with Crippen LogP contribution < -0.4 is 14.8 Å². The van der Waals surface area contributed by atoms with E-state index in [-0.39, 0.29) is 33.9 Å². The van der Waals surface area contributed by atoms with Gasteiger partial charge in [0.2, 0.25) is 11.6 Å². The fourth-order valence-corrected chi connectivity index (χ4v) is 4.24. The molecule has 1 aromatic heterocycles. The Morgan fingerprint density at radius 3 is 2.53 bits per heavy atom. The molecule has 1 amide bonds. The summed E-state index contributed by atoms with van der Waals surface area (Å²) in [5.41, 5.74) is -0.662. The molecular formula is C23H23ClN4O6. The van der Waals surface area contributed by atoms with E-state index in [0.29, 0.717) is 30.1 Å². The highest BCUT2D eigenvalue weighted by molar-refractivity contribution is 6.30. The summed E-state index contributed by atoms with van der Waals surface area (Å²) in [5.74, 6) is 1.04. The highest BCUT2D eigenvalue weighted by atomic mass is 35.5. The third-order valence-electron chi connectivity index (χ3n) is 5.78. The van der Waals surface area contributed by atoms with Crippen LogP contribution in [0.1, 0.15) is 54.2 Å². The molecule has 0 bridgehead atoms. The number of benzene rings is 2. The van der Waals surface area contributed by atoms with Gasteiger partial charge in [-0.1, -0.05) is 36.0 Å². The van der Waals surface area contributed by atoms with Gasteiger partial charge in [0, 0.05) is 23.6 Å². The molecule has 0 aliphatic heterocycles. The van der Waals surface area contributed by atoms with Gasteiger partial charge in [-0.2, -0.15) is 4.98 Å². The summed E-state index contributed by atoms with van der Waals surface area (Å²) < 4.78 is 16.3. The van der Waals surface area contributed by atoms with Crippen LogP contribution in [0.3, 0.4) is 0 Å². The number of ether oxygens (including phenoxy) is 2. The van der Waals surface area contributed by atoms with Crippen molar-refractivity contribution in [3.63, 3.8) is 0 Å². The lowest BCUT2D eigenvalue weighted by Gasteiger charge is -2.35. The predicted octanol–water partition coefficient (Wildman–Crippen LogP) is 5.33. The van der Waals surface area contributed by atoms with Gasteiger partial charge in [0.05, 0.1) is 12.0 Å². The Labute approximate surface area is 200 Å². The van der Waals surface area contributed by atoms with Gasteiger partial charge in [-0.15, -0.1) is 0 Å². The molecule has 1 aliphatic rings. The van der Waals surface area contributed by atoms with Crippen LogP contribution in [-0.4, -0.2) is 28.1 Å². The van der Waals surface area contributed by atoms with Gasteiger partial charge in [-0.3, -0.25) is 14.9 Å². The number of nitrogens with one attached hydrogen (secondary N) is 1. The molecule has 1 heterocycles. The summed E-state index contributed by atoms with van der Waals surface area (Å²) >= 11 is 5.87. The topological polar surface area (TPSA) is 130 Å². The van der Waals surface area contributed by atoms with Gasteiger partial charge in [0.1, 0.15) is 5.54 Å². The first-order valence-electron chi connectivity index (χ1n) is 10.7. The summed E-state index contributed by atoms with van der Waals surface area (Å²) in [5, 5.41) is 18.8. The molecule has 1 fully saturated rings. The third kappa shape index (κ3) is 4.81. The van der Waals surface area contributed by atoms with Crippen LogP contribution in [0.15, 0.2) is 40.9 Å². The number of hydrogen-bond acceptors (Lipinski definition) is 8. The molecule has 0 unspecified atom stereocenters. The Bertz CT molecular complexity index is 1220. The van der Waals surface area contributed by atoms with Gasteiger partial charge >= 0.3 is 5.69 Å². The Balaban J connectivity index is 1.60. The van der Waals surface area contributed by atoms with Crippen molar-refractivity contribution in [3.8, 4) is 17.2 Å². The molecule has 34 heavy (non-hydrogen) atoms. The molecule has 1 aliphatic carbocycles. The number of methoxy groups -OCH3 is 1. The zero-order valence-corrected chi connectivity index (χ0v) is 19.4. The van der Waals surface area contributed by atoms with Crippen LogP contribution in [0.2, 0.25) is 5.02 Å². The van der Waals surface area contributed by atoms with Gasteiger partial charge < -0.3 is 19.3 Å². The van der Waals surface area contributed by atoms with Gasteiger partial charge in [-0.05, 0) is 43.2 Å². The van der Waals surface area contributed by atoms with Crippen LogP contribution in [0.5, 0.6) is 17.2 Å². The standard InChI is InChI=1S/C23H23ClN4O6/c1-14-25-22(27-34-14)23(10-4-3-5-11-23)26-21(29)15-6-8-19(20(12-15)32-2)33-18-9-7-16(24)13-17(18)28(30)31/h6-9,12-13H,3-5,10-11H2,1-2H3,(H,26,29). The fraction of sp³-hybridized carbons (Fsp3) is 0.348. The molecule has 11 heteroatoms. The molecule has 4 rings (SSSR count). The maximum atomic E-state index is 13.2. The average molecular weight is 487 g/mol. The van der Waals surface area contributed by atoms with E-state index in [1.165, 1.54) is 37.4 Å². The first-order valence-corrected chi connectivity index (χ1v) is 11.1. The van der Waals surface area contributed by atoms with E-state index in [1.807, 2.05) is 0 Å². The first-order chi connectivity index (χ1) is 16.3. The van der Waals surface area contributed by atoms with E-state index in [2.05, 4.69) is 15.5 Å². The highest BCUT2D eigenvalue weighted by Gasteiger charge is 2.40. The number of nitrogens with zero attached hydrogens (tertiary/aromatic N) is 3. The van der Waals surface area contributed by atoms with Crippen molar-refractivity contribution in [3.05, 3.63) is 68.8 Å². The Morgan fingerprint density at radius 1 is 1.15 bits per heavy atom. The second-order valence-electron chi connectivity index (χ2n) is 8.07. The quantitative estimate of drug-likeness (QED) is 0.350. The molecule has 10 nitrogen and oxygen atoms in total. The molecule has 0 radical (unpaired) electrons. The van der Waals surface area contributed by atoms with Crippen molar-refractivity contribution in [1.82, 2.24) is 15.5 Å². The lowest BCUT2D eigenvalue weighted by molar-refractivity contribution is -0.385. The summed E-state index contributed by atoms with van der Waals surface area (Å²) in [7, 11) is 1.42. The number of amides is 1. The van der Waals surface area contributed by atoms with Gasteiger partial charge in [0.15, 0.2) is 17.3 Å². The minimum Gasteiger partial charge on any atom is -0.493 e. The maximum Gasteiger partial charge on any atom is 0.313 e. The lowest BCUT2D eigenvalue weighted by Crippen LogP contribution is -2.48. The fourth-order valence-electron chi connectivity index (χ4n) is 4.07. The molecule has 178 valence electrons. The number of carbonyl (C=O) groups is 1. The largest absolute Gasteiger partial charge is 0.493 e. The van der Waals surface area contributed by atoms with Crippen molar-refractivity contribution < 1.29 is 23.7 Å². The van der Waals surface area contributed by atoms with E-state index < -0.39 is 10.5 Å². The van der Waals surface area contributed by atoms with Crippen molar-refractivity contribution in [2.24, 2.45) is 0 Å². The summed E-state index contributed by atoms with van der Waals surface area (Å²) in [6.45, 7) is 1.71. The predicted molar refractivity (Wildman–Crippen MR) is 122 cm³/mol. The van der Waals surface area contributed by atoms with E-state index >= 15 is 0 Å². The molecule has 1 saturated carbocycles. The van der Waals surface area contributed by atoms with Crippen molar-refractivity contribution in [2.75, 3.05) is 7.11 Å². The summed E-state index contributed by atoms with van der Waals surface area (Å²) in [6.07, 6.45) is 4.35. The van der Waals surface area contributed by atoms with Crippen molar-refractivity contribution in [2.45, 2.75) is 44.6 Å². The van der Waals surface area contributed by atoms with Gasteiger partial charge in [-0.25, -0.2) is 0 Å². The van der Waals surface area contributed by atoms with Crippen LogP contribution >= 0.6 is 11.6 Å². The number of nitro benzene ring substituents is 1. The third-order valence-corrected chi connectivity index (χ3v) is 6.01. The molecule has 3 aromatic rings. The smallest absolute Gasteiger partial charge is 0.313 e. The maximum absolute atomic E-state index is 13.2. The van der Waals surface area contributed by atoms with Crippen LogP contribution in [0.25, 0.3) is 0 Å². The van der Waals surface area contributed by atoms with Crippen LogP contribution in [-0.2, 0) is 5.54 Å². The number of aryl methyl sites for hydroxylation is 1. The molecule has 0 spiro atoms. The number of halogens is 1. The van der Waals surface area contributed by atoms with Crippen LogP contribution in [0, 0.1) is 17.0 Å². The van der Waals surface area contributed by atoms with E-state index in [4.69, 9.17) is 25.6 Å². The monoisotopic (exact) mass is 486 g/mol. The van der Waals surface area contributed by atoms with Crippen molar-refractivity contribution in [1.29, 1.82) is 0 Å². The minimum absolute atomic E-state index is 0.00136. The van der Waals surface area contributed by atoms with E-state index in [0.717, 1.165) is 19.3 Å². The normalized spacial score (nSPS) is 14.9. The Hall–Kier alpha value is -3.66. The molecule has 2 aromatic carbocycles. The Kier molecular flexibility index (Phi) is 6.69. The first kappa shape index (κ1) is 23.5. The van der Waals surface area contributed by atoms with E-state index in [9.17, 15) is 14.9 Å².